The van der Waals surface area contributed by atoms with Crippen LogP contribution in [-0.2, 0) is 4.74 Å². The Labute approximate surface area is 45.4 Å². The second-order valence-electron chi connectivity index (χ2n) is 1.74. The molecule has 1 nitrogen and oxygen atoms in total. The van der Waals surface area contributed by atoms with Crippen molar-refractivity contribution in [2.24, 2.45) is 0 Å². The lowest BCUT2D eigenvalue weighted by Crippen LogP contribution is -2.20. The number of alkyl halides is 3. The van der Waals surface area contributed by atoms with Gasteiger partial charge in [-0.15, -0.1) is 0 Å². The summed E-state index contributed by atoms with van der Waals surface area (Å²) >= 11 is 0. The first-order valence-corrected chi connectivity index (χ1v) is 2.07. The lowest BCUT2D eigenvalue weighted by Gasteiger charge is -2.12. The van der Waals surface area contributed by atoms with E-state index in [-0.39, 0.29) is 0 Å². The van der Waals surface area contributed by atoms with Gasteiger partial charge in [0.15, 0.2) is 0 Å². The molecule has 0 N–H and O–H groups in total. The molecule has 0 aliphatic heterocycles. The number of hydrogen-bond acceptors (Lipinski definition) is 1. The molecule has 0 atom stereocenters. The maximum Gasteiger partial charge on any atom is 0.347 e. The molecule has 0 saturated heterocycles. The third-order valence-electron chi connectivity index (χ3n) is 0.369. The molecule has 0 fully saturated rings. The van der Waals surface area contributed by atoms with E-state index in [1.165, 1.54) is 0 Å². The van der Waals surface area contributed by atoms with Crippen molar-refractivity contribution in [1.29, 1.82) is 0 Å². The molecule has 0 aliphatic carbocycles. The maximum atomic E-state index is 11.9. The second kappa shape index (κ2) is 2.35. The zero-order valence-electron chi connectivity index (χ0n) is 4.62. The molecule has 0 amide bonds. The molecule has 0 heterocycles. The van der Waals surface area contributed by atoms with Crippen molar-refractivity contribution in [3.8, 4) is 0 Å². The first-order chi connectivity index (χ1) is 3.42. The van der Waals surface area contributed by atoms with E-state index in [4.69, 9.17) is 0 Å². The van der Waals surface area contributed by atoms with Gasteiger partial charge in [-0.05, 0) is 13.8 Å². The molecule has 0 aliphatic rings. The fourth-order valence-corrected chi connectivity index (χ4v) is 0.212. The number of halogens is 3. The molecule has 8 heavy (non-hydrogen) atoms. The summed E-state index contributed by atoms with van der Waals surface area (Å²) in [5, 5.41) is 0. The van der Waals surface area contributed by atoms with Crippen molar-refractivity contribution in [2.45, 2.75) is 26.3 Å². The highest BCUT2D eigenvalue weighted by molar-refractivity contribution is 4.46. The summed E-state index contributed by atoms with van der Waals surface area (Å²) in [6.07, 6.45) is 0. The van der Waals surface area contributed by atoms with E-state index in [0.29, 0.717) is 0 Å². The summed E-state index contributed by atoms with van der Waals surface area (Å²) in [6, 6.07) is 0. The smallest absolute Gasteiger partial charge is 0.286 e. The molecule has 0 bridgehead atoms. The predicted molar refractivity (Wildman–Crippen MR) is 22.3 cm³/mol. The van der Waals surface area contributed by atoms with Crippen LogP contribution < -0.4 is 0 Å². The van der Waals surface area contributed by atoms with Crippen molar-refractivity contribution >= 4 is 0 Å². The Bertz CT molecular complexity index is 66.2. The van der Waals surface area contributed by atoms with Crippen molar-refractivity contribution in [3.05, 3.63) is 0 Å². The fourth-order valence-electron chi connectivity index (χ4n) is 0.212. The van der Waals surface area contributed by atoms with Gasteiger partial charge in [-0.3, -0.25) is 4.74 Å². The molecule has 0 unspecified atom stereocenters. The molecule has 0 aromatic heterocycles. The molecule has 0 saturated carbocycles. The van der Waals surface area contributed by atoms with E-state index in [2.05, 4.69) is 4.74 Å². The summed E-state index contributed by atoms with van der Waals surface area (Å²) in [5.74, 6) is -2.23. The quantitative estimate of drug-likeness (QED) is 0.552. The van der Waals surface area contributed by atoms with Crippen LogP contribution in [-0.4, -0.2) is 12.5 Å². The zero-order chi connectivity index (χ0) is 6.78. The van der Waals surface area contributed by atoms with Crippen LogP contribution in [0.2, 0.25) is 0 Å². The normalized spacial score (nSPS) is 12.8. The van der Waals surface area contributed by atoms with E-state index in [0.717, 1.165) is 13.8 Å². The molecule has 0 aromatic carbocycles. The highest BCUT2D eigenvalue weighted by atomic mass is 19.3. The standard InChI is InChI=1S/C4H7F3O/c1-4(2,7)8-3(5)6/h3H,1-2H3. The first kappa shape index (κ1) is 7.75. The summed E-state index contributed by atoms with van der Waals surface area (Å²) in [4.78, 5) is 0. The van der Waals surface area contributed by atoms with Crippen LogP contribution >= 0.6 is 0 Å². The van der Waals surface area contributed by atoms with Crippen LogP contribution in [0.3, 0.4) is 0 Å². The molecule has 0 spiro atoms. The summed E-state index contributed by atoms with van der Waals surface area (Å²) in [7, 11) is 0. The Balaban J connectivity index is 3.39. The van der Waals surface area contributed by atoms with Gasteiger partial charge in [0.05, 0.1) is 0 Å². The van der Waals surface area contributed by atoms with E-state index in [9.17, 15) is 13.2 Å². The Hall–Kier alpha value is -0.250. The Kier molecular flexibility index (Phi) is 2.27. The van der Waals surface area contributed by atoms with Crippen LogP contribution in [0.4, 0.5) is 13.2 Å². The molecular weight excluding hydrogens is 121 g/mol. The third-order valence-corrected chi connectivity index (χ3v) is 0.369. The SMILES string of the molecule is CC(C)(F)OC(F)F. The van der Waals surface area contributed by atoms with E-state index >= 15 is 0 Å². The van der Waals surface area contributed by atoms with Gasteiger partial charge in [0.1, 0.15) is 0 Å². The fraction of sp³-hybridized carbons (Fsp3) is 1.00. The lowest BCUT2D eigenvalue weighted by molar-refractivity contribution is -0.243. The largest absolute Gasteiger partial charge is 0.347 e. The predicted octanol–water partition coefficient (Wildman–Crippen LogP) is 1.93. The summed E-state index contributed by atoms with van der Waals surface area (Å²) in [5.41, 5.74) is 0. The molecule has 50 valence electrons. The maximum absolute atomic E-state index is 11.9. The van der Waals surface area contributed by atoms with E-state index in [1.807, 2.05) is 0 Å². The number of hydrogen-bond donors (Lipinski definition) is 0. The molecule has 0 aromatic rings. The van der Waals surface area contributed by atoms with Gasteiger partial charge in [-0.2, -0.15) is 8.78 Å². The van der Waals surface area contributed by atoms with Gasteiger partial charge in [0.25, 0.3) is 0 Å². The van der Waals surface area contributed by atoms with Gasteiger partial charge in [0, 0.05) is 0 Å². The molecule has 0 radical (unpaired) electrons. The molecular formula is C4H7F3O. The minimum Gasteiger partial charge on any atom is -0.286 e. The highest BCUT2D eigenvalue weighted by Gasteiger charge is 2.20. The van der Waals surface area contributed by atoms with Gasteiger partial charge >= 0.3 is 6.61 Å². The average molecular weight is 128 g/mol. The second-order valence-corrected chi connectivity index (χ2v) is 1.74. The van der Waals surface area contributed by atoms with Crippen molar-refractivity contribution in [3.63, 3.8) is 0 Å². The number of rotatable bonds is 2. The Morgan fingerprint density at radius 2 is 1.75 bits per heavy atom. The summed E-state index contributed by atoms with van der Waals surface area (Å²) < 4.78 is 37.5. The van der Waals surface area contributed by atoms with Gasteiger partial charge in [-0.25, -0.2) is 4.39 Å². The van der Waals surface area contributed by atoms with Crippen LogP contribution in [0.25, 0.3) is 0 Å². The zero-order valence-corrected chi connectivity index (χ0v) is 4.62. The lowest BCUT2D eigenvalue weighted by atomic mass is 10.4. The van der Waals surface area contributed by atoms with E-state index in [1.54, 1.807) is 0 Å². The van der Waals surface area contributed by atoms with Crippen molar-refractivity contribution in [2.75, 3.05) is 0 Å². The van der Waals surface area contributed by atoms with E-state index < -0.39 is 12.5 Å². The minimum atomic E-state index is -3.03. The van der Waals surface area contributed by atoms with Crippen LogP contribution in [0, 0.1) is 0 Å². The Morgan fingerprint density at radius 1 is 1.38 bits per heavy atom. The topological polar surface area (TPSA) is 9.23 Å². The van der Waals surface area contributed by atoms with Gasteiger partial charge in [0.2, 0.25) is 5.85 Å². The van der Waals surface area contributed by atoms with Gasteiger partial charge < -0.3 is 0 Å². The summed E-state index contributed by atoms with van der Waals surface area (Å²) in [6.45, 7) is -1.20. The van der Waals surface area contributed by atoms with Crippen LogP contribution in [0.15, 0.2) is 0 Å². The van der Waals surface area contributed by atoms with Crippen LogP contribution in [0.1, 0.15) is 13.8 Å². The Morgan fingerprint density at radius 3 is 1.75 bits per heavy atom. The third kappa shape index (κ3) is 5.75. The monoisotopic (exact) mass is 128 g/mol. The van der Waals surface area contributed by atoms with Crippen molar-refractivity contribution < 1.29 is 17.9 Å². The van der Waals surface area contributed by atoms with Gasteiger partial charge in [-0.1, -0.05) is 0 Å². The number of ether oxygens (including phenoxy) is 1. The molecule has 0 rings (SSSR count). The highest BCUT2D eigenvalue weighted by Crippen LogP contribution is 2.14. The first-order valence-electron chi connectivity index (χ1n) is 2.07. The molecule has 4 heteroatoms. The minimum absolute atomic E-state index is 0.916. The van der Waals surface area contributed by atoms with Crippen LogP contribution in [0.5, 0.6) is 0 Å². The van der Waals surface area contributed by atoms with Crippen molar-refractivity contribution in [1.82, 2.24) is 0 Å². The average Bonchev–Trinajstić information content (AvgIpc) is 1.21.